The van der Waals surface area contributed by atoms with Crippen LogP contribution in [0.4, 0.5) is 14.5 Å². The van der Waals surface area contributed by atoms with Crippen molar-refractivity contribution in [3.05, 3.63) is 76.0 Å². The molecule has 0 bridgehead atoms. The number of carbonyl (C=O) groups is 1. The standard InChI is InChI=1S/C19H13F2NOS/c20-15-7-3-1-5-11(15)13-9-17(23)22-18-14(10-24-19(13)18)12-6-2-4-8-16(12)21/h1-8,10,13H,9H2,(H,22,23)/t13-/m0/s1. The van der Waals surface area contributed by atoms with Crippen molar-refractivity contribution in [3.63, 3.8) is 0 Å². The fraction of sp³-hybridized carbons (Fsp3) is 0.105. The lowest BCUT2D eigenvalue weighted by Gasteiger charge is -2.24. The van der Waals surface area contributed by atoms with Crippen molar-refractivity contribution in [2.24, 2.45) is 0 Å². The zero-order valence-electron chi connectivity index (χ0n) is 12.6. The van der Waals surface area contributed by atoms with Gasteiger partial charge < -0.3 is 5.32 Å². The molecule has 1 aliphatic heterocycles. The Morgan fingerprint density at radius 2 is 1.67 bits per heavy atom. The van der Waals surface area contributed by atoms with Crippen LogP contribution in [0.2, 0.25) is 0 Å². The van der Waals surface area contributed by atoms with Gasteiger partial charge in [0.25, 0.3) is 0 Å². The molecule has 0 unspecified atom stereocenters. The van der Waals surface area contributed by atoms with Crippen LogP contribution in [0.1, 0.15) is 22.8 Å². The maximum Gasteiger partial charge on any atom is 0.225 e. The van der Waals surface area contributed by atoms with E-state index >= 15 is 0 Å². The van der Waals surface area contributed by atoms with Crippen LogP contribution in [-0.2, 0) is 4.79 Å². The Kier molecular flexibility index (Phi) is 3.65. The normalized spacial score (nSPS) is 16.6. The minimum atomic E-state index is -0.347. The number of halogens is 2. The maximum absolute atomic E-state index is 14.2. The van der Waals surface area contributed by atoms with Crippen LogP contribution in [0.5, 0.6) is 0 Å². The van der Waals surface area contributed by atoms with E-state index in [-0.39, 0.29) is 29.9 Å². The molecule has 2 aromatic carbocycles. The fourth-order valence-corrected chi connectivity index (χ4v) is 4.26. The third-order valence-electron chi connectivity index (χ3n) is 4.23. The summed E-state index contributed by atoms with van der Waals surface area (Å²) in [5, 5.41) is 4.66. The van der Waals surface area contributed by atoms with Crippen LogP contribution in [0.15, 0.2) is 53.9 Å². The monoisotopic (exact) mass is 341 g/mol. The van der Waals surface area contributed by atoms with E-state index in [0.717, 1.165) is 4.88 Å². The van der Waals surface area contributed by atoms with E-state index in [9.17, 15) is 13.6 Å². The molecule has 0 saturated heterocycles. The lowest BCUT2D eigenvalue weighted by Crippen LogP contribution is -2.23. The lowest BCUT2D eigenvalue weighted by atomic mass is 9.89. The molecule has 1 N–H and O–H groups in total. The number of amides is 1. The molecule has 5 heteroatoms. The molecule has 1 aromatic heterocycles. The van der Waals surface area contributed by atoms with Gasteiger partial charge in [0.1, 0.15) is 11.6 Å². The summed E-state index contributed by atoms with van der Waals surface area (Å²) in [7, 11) is 0. The van der Waals surface area contributed by atoms with E-state index in [0.29, 0.717) is 22.4 Å². The number of nitrogens with one attached hydrogen (secondary N) is 1. The van der Waals surface area contributed by atoms with Crippen molar-refractivity contribution in [1.82, 2.24) is 0 Å². The highest BCUT2D eigenvalue weighted by atomic mass is 32.1. The van der Waals surface area contributed by atoms with Gasteiger partial charge in [-0.15, -0.1) is 11.3 Å². The van der Waals surface area contributed by atoms with Gasteiger partial charge in [0.15, 0.2) is 0 Å². The van der Waals surface area contributed by atoms with Gasteiger partial charge in [0.05, 0.1) is 5.69 Å². The molecule has 4 rings (SSSR count). The minimum absolute atomic E-state index is 0.186. The summed E-state index contributed by atoms with van der Waals surface area (Å²) >= 11 is 1.42. The first kappa shape index (κ1) is 15.0. The third-order valence-corrected chi connectivity index (χ3v) is 5.33. The second-order valence-corrected chi connectivity index (χ2v) is 6.61. The van der Waals surface area contributed by atoms with Crippen LogP contribution >= 0.6 is 11.3 Å². The molecular weight excluding hydrogens is 328 g/mol. The number of hydrogen-bond donors (Lipinski definition) is 1. The molecule has 0 fully saturated rings. The predicted molar refractivity (Wildman–Crippen MR) is 91.2 cm³/mol. The van der Waals surface area contributed by atoms with Crippen molar-refractivity contribution in [3.8, 4) is 11.1 Å². The van der Waals surface area contributed by atoms with Gasteiger partial charge in [-0.1, -0.05) is 36.4 Å². The smallest absolute Gasteiger partial charge is 0.225 e. The molecular formula is C19H13F2NOS. The van der Waals surface area contributed by atoms with Gasteiger partial charge >= 0.3 is 0 Å². The zero-order chi connectivity index (χ0) is 16.7. The highest BCUT2D eigenvalue weighted by Gasteiger charge is 2.32. The SMILES string of the molecule is O=C1C[C@@H](c2ccccc2F)c2scc(-c3ccccc3F)c2N1. The summed E-state index contributed by atoms with van der Waals surface area (Å²) in [5.74, 6) is -1.21. The lowest BCUT2D eigenvalue weighted by molar-refractivity contribution is -0.116. The van der Waals surface area contributed by atoms with Gasteiger partial charge in [-0.25, -0.2) is 8.78 Å². The molecule has 1 amide bonds. The Bertz CT molecular complexity index is 935. The number of fused-ring (bicyclic) bond motifs is 1. The molecule has 0 aliphatic carbocycles. The van der Waals surface area contributed by atoms with Gasteiger partial charge in [0.2, 0.25) is 5.91 Å². The van der Waals surface area contributed by atoms with Gasteiger partial charge in [-0.3, -0.25) is 4.79 Å². The van der Waals surface area contributed by atoms with Crippen molar-refractivity contribution in [1.29, 1.82) is 0 Å². The zero-order valence-corrected chi connectivity index (χ0v) is 13.4. The van der Waals surface area contributed by atoms with Crippen molar-refractivity contribution in [2.75, 3.05) is 5.32 Å². The summed E-state index contributed by atoms with van der Waals surface area (Å²) in [5.41, 5.74) is 2.16. The van der Waals surface area contributed by atoms with E-state index in [2.05, 4.69) is 5.32 Å². The van der Waals surface area contributed by atoms with Gasteiger partial charge in [-0.05, 0) is 17.7 Å². The Balaban J connectivity index is 1.87. The molecule has 2 nitrogen and oxygen atoms in total. The number of hydrogen-bond acceptors (Lipinski definition) is 2. The van der Waals surface area contributed by atoms with Gasteiger partial charge in [-0.2, -0.15) is 0 Å². The Labute approximate surface area is 141 Å². The topological polar surface area (TPSA) is 29.1 Å². The quantitative estimate of drug-likeness (QED) is 0.685. The Morgan fingerprint density at radius 3 is 2.42 bits per heavy atom. The van der Waals surface area contributed by atoms with E-state index in [4.69, 9.17) is 0 Å². The van der Waals surface area contributed by atoms with Crippen molar-refractivity contribution < 1.29 is 13.6 Å². The molecule has 1 atom stereocenters. The number of carbonyl (C=O) groups excluding carboxylic acids is 1. The molecule has 0 saturated carbocycles. The maximum atomic E-state index is 14.2. The average Bonchev–Trinajstić information content (AvgIpc) is 2.99. The summed E-state index contributed by atoms with van der Waals surface area (Å²) in [6, 6.07) is 12.9. The number of benzene rings is 2. The van der Waals surface area contributed by atoms with Gasteiger partial charge in [0, 0.05) is 33.7 Å². The van der Waals surface area contributed by atoms with Crippen molar-refractivity contribution >= 4 is 22.9 Å². The molecule has 2 heterocycles. The molecule has 120 valence electrons. The summed E-state index contributed by atoms with van der Waals surface area (Å²) in [4.78, 5) is 13.0. The van der Waals surface area contributed by atoms with Crippen LogP contribution in [0.3, 0.4) is 0 Å². The first-order valence-electron chi connectivity index (χ1n) is 7.55. The summed E-state index contributed by atoms with van der Waals surface area (Å²) in [6.07, 6.45) is 0.186. The van der Waals surface area contributed by atoms with Crippen LogP contribution in [-0.4, -0.2) is 5.91 Å². The van der Waals surface area contributed by atoms with Crippen LogP contribution in [0, 0.1) is 11.6 Å². The first-order valence-corrected chi connectivity index (χ1v) is 8.43. The van der Waals surface area contributed by atoms with Crippen LogP contribution < -0.4 is 5.32 Å². The number of rotatable bonds is 2. The van der Waals surface area contributed by atoms with E-state index < -0.39 is 0 Å². The molecule has 0 spiro atoms. The second kappa shape index (κ2) is 5.83. The second-order valence-electron chi connectivity index (χ2n) is 5.69. The third kappa shape index (κ3) is 2.41. The number of anilines is 1. The van der Waals surface area contributed by atoms with E-state index in [1.807, 2.05) is 5.38 Å². The summed E-state index contributed by atoms with van der Waals surface area (Å²) < 4.78 is 28.3. The molecule has 24 heavy (non-hydrogen) atoms. The highest BCUT2D eigenvalue weighted by Crippen LogP contribution is 2.47. The van der Waals surface area contributed by atoms with E-state index in [1.165, 1.54) is 23.5 Å². The first-order chi connectivity index (χ1) is 11.6. The molecule has 3 aromatic rings. The van der Waals surface area contributed by atoms with Crippen molar-refractivity contribution in [2.45, 2.75) is 12.3 Å². The van der Waals surface area contributed by atoms with Crippen LogP contribution in [0.25, 0.3) is 11.1 Å². The summed E-state index contributed by atoms with van der Waals surface area (Å²) in [6.45, 7) is 0. The highest BCUT2D eigenvalue weighted by molar-refractivity contribution is 7.11. The fourth-order valence-electron chi connectivity index (χ4n) is 3.11. The minimum Gasteiger partial charge on any atom is -0.325 e. The molecule has 0 radical (unpaired) electrons. The average molecular weight is 341 g/mol. The number of thiophene rings is 1. The largest absolute Gasteiger partial charge is 0.325 e. The molecule has 1 aliphatic rings. The van der Waals surface area contributed by atoms with E-state index in [1.54, 1.807) is 36.4 Å². The Morgan fingerprint density at radius 1 is 0.958 bits per heavy atom. The predicted octanol–water partition coefficient (Wildman–Crippen LogP) is 5.17. The Hall–Kier alpha value is -2.53.